The highest BCUT2D eigenvalue weighted by Crippen LogP contribution is 2.29. The van der Waals surface area contributed by atoms with Gasteiger partial charge in [0.25, 0.3) is 5.91 Å². The van der Waals surface area contributed by atoms with Crippen molar-refractivity contribution in [2.45, 2.75) is 6.42 Å². The van der Waals surface area contributed by atoms with Gasteiger partial charge in [-0.3, -0.25) is 4.79 Å². The van der Waals surface area contributed by atoms with E-state index in [2.05, 4.69) is 20.3 Å². The van der Waals surface area contributed by atoms with Gasteiger partial charge in [-0.05, 0) is 28.9 Å². The van der Waals surface area contributed by atoms with Crippen LogP contribution in [0.3, 0.4) is 0 Å². The van der Waals surface area contributed by atoms with E-state index in [9.17, 15) is 9.59 Å². The zero-order chi connectivity index (χ0) is 20.1. The van der Waals surface area contributed by atoms with E-state index in [0.29, 0.717) is 49.8 Å². The molecule has 2 heterocycles. The predicted octanol–water partition coefficient (Wildman–Crippen LogP) is 1.05. The number of carbonyl (C=O) groups excluding carboxylic acids is 2. The van der Waals surface area contributed by atoms with Crippen LogP contribution in [0.4, 0.5) is 16.3 Å². The molecule has 0 spiro atoms. The minimum absolute atomic E-state index is 0.0109. The van der Waals surface area contributed by atoms with E-state index in [1.165, 1.54) is 7.11 Å². The normalized spacial score (nSPS) is 14.4. The van der Waals surface area contributed by atoms with Crippen molar-refractivity contribution in [2.75, 3.05) is 51.4 Å². The summed E-state index contributed by atoms with van der Waals surface area (Å²) in [6.45, 7) is 1.71. The van der Waals surface area contributed by atoms with Crippen LogP contribution in [0.5, 0.6) is 11.5 Å². The summed E-state index contributed by atoms with van der Waals surface area (Å²) in [6, 6.07) is 4.87. The number of amides is 3. The van der Waals surface area contributed by atoms with Crippen LogP contribution in [0.1, 0.15) is 16.9 Å². The molecule has 0 radical (unpaired) electrons. The number of hydrogen-bond acceptors (Lipinski definition) is 8. The van der Waals surface area contributed by atoms with Crippen molar-refractivity contribution in [2.24, 2.45) is 0 Å². The number of hydrogen-bond donors (Lipinski definition) is 2. The van der Waals surface area contributed by atoms with Crippen molar-refractivity contribution < 1.29 is 23.7 Å². The minimum Gasteiger partial charge on any atom is -0.493 e. The molecule has 1 aliphatic rings. The first kappa shape index (κ1) is 19.3. The highest BCUT2D eigenvalue weighted by atomic mass is 16.6. The Morgan fingerprint density at radius 1 is 1.07 bits per heavy atom. The molecule has 0 unspecified atom stereocenters. The predicted molar refractivity (Wildman–Crippen MR) is 99.4 cm³/mol. The lowest BCUT2D eigenvalue weighted by Gasteiger charge is -2.22. The number of ether oxygens (including phenoxy) is 2. The van der Waals surface area contributed by atoms with Crippen LogP contribution >= 0.6 is 0 Å². The second-order valence-corrected chi connectivity index (χ2v) is 6.13. The van der Waals surface area contributed by atoms with Crippen molar-refractivity contribution in [1.29, 1.82) is 0 Å². The standard InChI is InChI=1S/C17H22N6O5/c1-26-12-5-4-11(10-13(12)27-2)19-17(25)23-7-3-6-22(8-9-23)16(24)14-15(18)21-28-20-14/h4-5,10H,3,6-9H2,1-2H3,(H2,18,21)(H,19,25). The molecular weight excluding hydrogens is 368 g/mol. The number of nitrogen functional groups attached to an aromatic ring is 1. The van der Waals surface area contributed by atoms with E-state index in [4.69, 9.17) is 15.2 Å². The molecule has 1 saturated heterocycles. The van der Waals surface area contributed by atoms with Gasteiger partial charge >= 0.3 is 6.03 Å². The molecule has 1 fully saturated rings. The van der Waals surface area contributed by atoms with Crippen molar-refractivity contribution in [1.82, 2.24) is 20.1 Å². The van der Waals surface area contributed by atoms with Gasteiger partial charge in [0.05, 0.1) is 14.2 Å². The Hall–Kier alpha value is -3.50. The molecule has 0 aliphatic carbocycles. The fourth-order valence-corrected chi connectivity index (χ4v) is 2.93. The molecule has 11 heteroatoms. The number of carbonyl (C=O) groups is 2. The summed E-state index contributed by atoms with van der Waals surface area (Å²) in [6.07, 6.45) is 0.621. The number of rotatable bonds is 4. The third-order valence-electron chi connectivity index (χ3n) is 4.42. The Morgan fingerprint density at radius 3 is 2.46 bits per heavy atom. The third kappa shape index (κ3) is 4.08. The fourth-order valence-electron chi connectivity index (χ4n) is 2.93. The van der Waals surface area contributed by atoms with E-state index in [0.717, 1.165) is 0 Å². The average Bonchev–Trinajstić information content (AvgIpc) is 2.98. The van der Waals surface area contributed by atoms with Crippen molar-refractivity contribution in [3.63, 3.8) is 0 Å². The molecule has 1 aromatic heterocycles. The van der Waals surface area contributed by atoms with E-state index in [1.54, 1.807) is 35.1 Å². The number of nitrogens with zero attached hydrogens (tertiary/aromatic N) is 4. The Bertz CT molecular complexity index is 854. The molecule has 11 nitrogen and oxygen atoms in total. The van der Waals surface area contributed by atoms with Gasteiger partial charge in [-0.25, -0.2) is 9.42 Å². The van der Waals surface area contributed by atoms with Gasteiger partial charge in [-0.1, -0.05) is 0 Å². The van der Waals surface area contributed by atoms with E-state index >= 15 is 0 Å². The number of nitrogens with one attached hydrogen (secondary N) is 1. The summed E-state index contributed by atoms with van der Waals surface area (Å²) in [5.74, 6) is 0.691. The van der Waals surface area contributed by atoms with Crippen LogP contribution in [0.15, 0.2) is 22.8 Å². The van der Waals surface area contributed by atoms with Crippen molar-refractivity contribution >= 4 is 23.4 Å². The van der Waals surface area contributed by atoms with Gasteiger partial charge in [0.15, 0.2) is 11.5 Å². The SMILES string of the molecule is COc1ccc(NC(=O)N2CCCN(C(=O)c3nonc3N)CC2)cc1OC. The fraction of sp³-hybridized carbons (Fsp3) is 0.412. The maximum Gasteiger partial charge on any atom is 0.321 e. The van der Waals surface area contributed by atoms with Crippen LogP contribution < -0.4 is 20.5 Å². The molecule has 150 valence electrons. The maximum atomic E-state index is 12.6. The number of urea groups is 1. The van der Waals surface area contributed by atoms with Gasteiger partial charge in [0.1, 0.15) is 0 Å². The summed E-state index contributed by atoms with van der Waals surface area (Å²) in [4.78, 5) is 28.3. The molecule has 0 atom stereocenters. The summed E-state index contributed by atoms with van der Waals surface area (Å²) in [5.41, 5.74) is 6.16. The highest BCUT2D eigenvalue weighted by Gasteiger charge is 2.26. The molecular formula is C17H22N6O5. The van der Waals surface area contributed by atoms with E-state index in [-0.39, 0.29) is 23.5 Å². The molecule has 1 aromatic carbocycles. The van der Waals surface area contributed by atoms with Crippen molar-refractivity contribution in [3.05, 3.63) is 23.9 Å². The first-order chi connectivity index (χ1) is 13.5. The second-order valence-electron chi connectivity index (χ2n) is 6.13. The molecule has 0 bridgehead atoms. The minimum atomic E-state index is -0.360. The zero-order valence-electron chi connectivity index (χ0n) is 15.7. The molecule has 0 saturated carbocycles. The lowest BCUT2D eigenvalue weighted by molar-refractivity contribution is 0.0752. The lowest BCUT2D eigenvalue weighted by Crippen LogP contribution is -2.39. The first-order valence-corrected chi connectivity index (χ1v) is 8.68. The smallest absolute Gasteiger partial charge is 0.321 e. The number of aromatic nitrogens is 2. The Labute approximate surface area is 161 Å². The molecule has 28 heavy (non-hydrogen) atoms. The monoisotopic (exact) mass is 390 g/mol. The molecule has 3 amide bonds. The van der Waals surface area contributed by atoms with Gasteiger partial charge in [0, 0.05) is 37.9 Å². The Balaban J connectivity index is 1.61. The number of anilines is 2. The highest BCUT2D eigenvalue weighted by molar-refractivity contribution is 5.96. The number of methoxy groups -OCH3 is 2. The van der Waals surface area contributed by atoms with Gasteiger partial charge < -0.3 is 30.3 Å². The largest absolute Gasteiger partial charge is 0.493 e. The zero-order valence-corrected chi connectivity index (χ0v) is 15.7. The quantitative estimate of drug-likeness (QED) is 0.790. The lowest BCUT2D eigenvalue weighted by atomic mass is 10.2. The molecule has 1 aliphatic heterocycles. The molecule has 3 rings (SSSR count). The average molecular weight is 390 g/mol. The summed E-state index contributed by atoms with van der Waals surface area (Å²) >= 11 is 0. The summed E-state index contributed by atoms with van der Waals surface area (Å²) < 4.78 is 14.9. The maximum absolute atomic E-state index is 12.6. The Morgan fingerprint density at radius 2 is 1.79 bits per heavy atom. The topological polar surface area (TPSA) is 136 Å². The van der Waals surface area contributed by atoms with Crippen molar-refractivity contribution in [3.8, 4) is 11.5 Å². The third-order valence-corrected chi connectivity index (χ3v) is 4.42. The summed E-state index contributed by atoms with van der Waals surface area (Å²) in [7, 11) is 3.07. The number of nitrogens with two attached hydrogens (primary N) is 1. The number of benzene rings is 1. The second kappa shape index (κ2) is 8.46. The summed E-state index contributed by atoms with van der Waals surface area (Å²) in [5, 5.41) is 9.80. The van der Waals surface area contributed by atoms with E-state index in [1.807, 2.05) is 0 Å². The van der Waals surface area contributed by atoms with Crippen LogP contribution in [0, 0.1) is 0 Å². The molecule has 2 aromatic rings. The van der Waals surface area contributed by atoms with Gasteiger partial charge in [-0.2, -0.15) is 0 Å². The molecule has 3 N–H and O–H groups in total. The Kier molecular flexibility index (Phi) is 5.82. The van der Waals surface area contributed by atoms with Crippen LogP contribution in [0.25, 0.3) is 0 Å². The van der Waals surface area contributed by atoms with Gasteiger partial charge in [-0.15, -0.1) is 0 Å². The van der Waals surface area contributed by atoms with Crippen LogP contribution in [0.2, 0.25) is 0 Å². The van der Waals surface area contributed by atoms with Crippen LogP contribution in [-0.2, 0) is 0 Å². The van der Waals surface area contributed by atoms with Gasteiger partial charge in [0.2, 0.25) is 11.5 Å². The van der Waals surface area contributed by atoms with Crippen LogP contribution in [-0.4, -0.2) is 72.5 Å². The first-order valence-electron chi connectivity index (χ1n) is 8.68. The van der Waals surface area contributed by atoms with E-state index < -0.39 is 0 Å².